The van der Waals surface area contributed by atoms with Crippen LogP contribution < -0.4 is 4.74 Å². The molecule has 4 rings (SSSR count). The number of rotatable bonds is 7. The molecule has 2 aromatic carbocycles. The molecule has 0 amide bonds. The van der Waals surface area contributed by atoms with Crippen molar-refractivity contribution in [3.63, 3.8) is 0 Å². The third kappa shape index (κ3) is 5.50. The van der Waals surface area contributed by atoms with Crippen molar-refractivity contribution >= 4 is 11.6 Å². The average Bonchev–Trinajstić information content (AvgIpc) is 2.74. The highest BCUT2D eigenvalue weighted by Crippen LogP contribution is 2.47. The molecular formula is C26H31ClF3NO2. The van der Waals surface area contributed by atoms with E-state index in [2.05, 4.69) is 11.8 Å². The van der Waals surface area contributed by atoms with Crippen LogP contribution in [0.1, 0.15) is 50.2 Å². The molecule has 7 heteroatoms. The van der Waals surface area contributed by atoms with Gasteiger partial charge >= 0.3 is 6.18 Å². The number of β-amino-alcohol motifs (C(OH)–C–C–N with tert-alkyl or cyclic N) is 1. The third-order valence-corrected chi connectivity index (χ3v) is 7.74. The SMILES string of the molecule is CC1CCC(COc2ccc(C(F)(F)F)cc2)CN1CC(O)C1(c2ccc(Cl)cc2)CCC1. The molecular weight excluding hydrogens is 451 g/mol. The fourth-order valence-electron chi connectivity index (χ4n) is 5.16. The molecule has 0 radical (unpaired) electrons. The fourth-order valence-corrected chi connectivity index (χ4v) is 5.28. The number of alkyl halides is 3. The second kappa shape index (κ2) is 9.85. The summed E-state index contributed by atoms with van der Waals surface area (Å²) in [5.74, 6) is 0.716. The van der Waals surface area contributed by atoms with Crippen LogP contribution in [0.5, 0.6) is 5.75 Å². The number of halogens is 4. The Bertz CT molecular complexity index is 913. The van der Waals surface area contributed by atoms with Gasteiger partial charge in [0.25, 0.3) is 0 Å². The van der Waals surface area contributed by atoms with Crippen molar-refractivity contribution in [3.05, 3.63) is 64.7 Å². The van der Waals surface area contributed by atoms with Crippen molar-refractivity contribution in [2.75, 3.05) is 19.7 Å². The number of aliphatic hydroxyl groups excluding tert-OH is 1. The van der Waals surface area contributed by atoms with Crippen LogP contribution in [0.15, 0.2) is 48.5 Å². The van der Waals surface area contributed by atoms with Crippen LogP contribution in [0.3, 0.4) is 0 Å². The van der Waals surface area contributed by atoms with Gasteiger partial charge in [-0.05, 0) is 74.6 Å². The summed E-state index contributed by atoms with van der Waals surface area (Å²) in [7, 11) is 0. The normalized spacial score (nSPS) is 24.2. The molecule has 1 aliphatic carbocycles. The molecule has 1 N–H and O–H groups in total. The molecule has 3 unspecified atom stereocenters. The van der Waals surface area contributed by atoms with Gasteiger partial charge in [0.1, 0.15) is 5.75 Å². The third-order valence-electron chi connectivity index (χ3n) is 7.49. The Morgan fingerprint density at radius 3 is 2.33 bits per heavy atom. The monoisotopic (exact) mass is 481 g/mol. The fraction of sp³-hybridized carbons (Fsp3) is 0.538. The number of aliphatic hydroxyl groups is 1. The van der Waals surface area contributed by atoms with Crippen LogP contribution in [-0.2, 0) is 11.6 Å². The molecule has 0 spiro atoms. The lowest BCUT2D eigenvalue weighted by molar-refractivity contribution is -0.137. The van der Waals surface area contributed by atoms with Crippen molar-refractivity contribution in [2.24, 2.45) is 5.92 Å². The maximum atomic E-state index is 12.7. The summed E-state index contributed by atoms with van der Waals surface area (Å²) >= 11 is 6.06. The molecule has 2 fully saturated rings. The van der Waals surface area contributed by atoms with E-state index in [0.29, 0.717) is 30.0 Å². The molecule has 1 saturated carbocycles. The van der Waals surface area contributed by atoms with Gasteiger partial charge in [0.15, 0.2) is 0 Å². The number of hydrogen-bond donors (Lipinski definition) is 1. The molecule has 1 saturated heterocycles. The highest BCUT2D eigenvalue weighted by molar-refractivity contribution is 6.30. The predicted octanol–water partition coefficient (Wildman–Crippen LogP) is 6.32. The second-order valence-corrected chi connectivity index (χ2v) is 10.0. The first-order valence-electron chi connectivity index (χ1n) is 11.7. The predicted molar refractivity (Wildman–Crippen MR) is 124 cm³/mol. The van der Waals surface area contributed by atoms with Crippen LogP contribution in [0.2, 0.25) is 5.02 Å². The van der Waals surface area contributed by atoms with Gasteiger partial charge in [0.05, 0.1) is 18.3 Å². The largest absolute Gasteiger partial charge is 0.493 e. The van der Waals surface area contributed by atoms with Gasteiger partial charge in [0.2, 0.25) is 0 Å². The second-order valence-electron chi connectivity index (χ2n) is 9.61. The first-order valence-corrected chi connectivity index (χ1v) is 12.0. The molecule has 1 heterocycles. The molecule has 0 bridgehead atoms. The van der Waals surface area contributed by atoms with Crippen LogP contribution in [0, 0.1) is 5.92 Å². The lowest BCUT2D eigenvalue weighted by Crippen LogP contribution is -2.54. The summed E-state index contributed by atoms with van der Waals surface area (Å²) in [6.45, 7) is 4.04. The smallest absolute Gasteiger partial charge is 0.416 e. The van der Waals surface area contributed by atoms with E-state index in [0.717, 1.165) is 56.3 Å². The summed E-state index contributed by atoms with van der Waals surface area (Å²) in [6.07, 6.45) is 0.238. The van der Waals surface area contributed by atoms with Gasteiger partial charge in [-0.25, -0.2) is 0 Å². The highest BCUT2D eigenvalue weighted by atomic mass is 35.5. The van der Waals surface area contributed by atoms with E-state index in [1.54, 1.807) is 0 Å². The number of benzene rings is 2. The topological polar surface area (TPSA) is 32.7 Å². The van der Waals surface area contributed by atoms with Crippen molar-refractivity contribution in [2.45, 2.75) is 62.8 Å². The molecule has 3 atom stereocenters. The number of piperidine rings is 1. The van der Waals surface area contributed by atoms with E-state index >= 15 is 0 Å². The van der Waals surface area contributed by atoms with E-state index in [-0.39, 0.29) is 11.3 Å². The summed E-state index contributed by atoms with van der Waals surface area (Å²) in [5, 5.41) is 12.0. The molecule has 33 heavy (non-hydrogen) atoms. The Morgan fingerprint density at radius 1 is 1.09 bits per heavy atom. The van der Waals surface area contributed by atoms with Crippen LogP contribution in [0.25, 0.3) is 0 Å². The van der Waals surface area contributed by atoms with Crippen LogP contribution in [-0.4, -0.2) is 41.8 Å². The van der Waals surface area contributed by atoms with E-state index in [4.69, 9.17) is 16.3 Å². The summed E-state index contributed by atoms with van der Waals surface area (Å²) in [4.78, 5) is 2.34. The van der Waals surface area contributed by atoms with Gasteiger partial charge in [-0.15, -0.1) is 0 Å². The Kier molecular flexibility index (Phi) is 7.27. The van der Waals surface area contributed by atoms with Crippen LogP contribution >= 0.6 is 11.6 Å². The Morgan fingerprint density at radius 2 is 1.76 bits per heavy atom. The molecule has 3 nitrogen and oxygen atoms in total. The zero-order valence-electron chi connectivity index (χ0n) is 18.8. The quantitative estimate of drug-likeness (QED) is 0.502. The number of nitrogens with zero attached hydrogens (tertiary/aromatic N) is 1. The Hall–Kier alpha value is -1.76. The standard InChI is InChI=1S/C26H31ClF3NO2/c1-18-3-4-19(17-33-23-11-7-21(8-12-23)26(28,29)30)15-31(18)16-24(32)25(13-2-14-25)20-5-9-22(27)10-6-20/h5-12,18-19,24,32H,2-4,13-17H2,1H3. The minimum atomic E-state index is -4.34. The molecule has 1 aliphatic heterocycles. The number of hydrogen-bond acceptors (Lipinski definition) is 3. The van der Waals surface area contributed by atoms with E-state index < -0.39 is 17.8 Å². The zero-order chi connectivity index (χ0) is 23.6. The summed E-state index contributed by atoms with van der Waals surface area (Å²) in [6, 6.07) is 13.1. The van der Waals surface area contributed by atoms with Crippen molar-refractivity contribution < 1.29 is 23.0 Å². The molecule has 0 aromatic heterocycles. The highest BCUT2D eigenvalue weighted by Gasteiger charge is 2.46. The van der Waals surface area contributed by atoms with Crippen molar-refractivity contribution in [3.8, 4) is 5.75 Å². The lowest BCUT2D eigenvalue weighted by Gasteiger charge is -2.49. The first-order chi connectivity index (χ1) is 15.7. The number of ether oxygens (including phenoxy) is 1. The summed E-state index contributed by atoms with van der Waals surface area (Å²) < 4.78 is 44.1. The molecule has 2 aromatic rings. The van der Waals surface area contributed by atoms with Gasteiger partial charge < -0.3 is 9.84 Å². The maximum absolute atomic E-state index is 12.7. The summed E-state index contributed by atoms with van der Waals surface area (Å²) in [5.41, 5.74) is 0.262. The maximum Gasteiger partial charge on any atom is 0.416 e. The van der Waals surface area contributed by atoms with Gasteiger partial charge in [-0.3, -0.25) is 4.90 Å². The Labute approximate surface area is 198 Å². The van der Waals surface area contributed by atoms with Gasteiger partial charge in [0, 0.05) is 35.5 Å². The lowest BCUT2D eigenvalue weighted by atomic mass is 9.61. The minimum Gasteiger partial charge on any atom is -0.493 e. The Balaban J connectivity index is 1.35. The molecule has 180 valence electrons. The van der Waals surface area contributed by atoms with Gasteiger partial charge in [-0.2, -0.15) is 13.2 Å². The minimum absolute atomic E-state index is 0.214. The van der Waals surface area contributed by atoms with E-state index in [1.807, 2.05) is 24.3 Å². The van der Waals surface area contributed by atoms with Crippen molar-refractivity contribution in [1.29, 1.82) is 0 Å². The average molecular weight is 482 g/mol. The van der Waals surface area contributed by atoms with E-state index in [9.17, 15) is 18.3 Å². The van der Waals surface area contributed by atoms with E-state index in [1.165, 1.54) is 12.1 Å². The first kappa shape index (κ1) is 24.4. The zero-order valence-corrected chi connectivity index (χ0v) is 19.6. The van der Waals surface area contributed by atoms with Crippen LogP contribution in [0.4, 0.5) is 13.2 Å². The van der Waals surface area contributed by atoms with Gasteiger partial charge in [-0.1, -0.05) is 30.2 Å². The number of likely N-dealkylation sites (tertiary alicyclic amines) is 1. The molecule has 2 aliphatic rings. The van der Waals surface area contributed by atoms with Crippen molar-refractivity contribution in [1.82, 2.24) is 4.90 Å².